The van der Waals surface area contributed by atoms with Gasteiger partial charge in [0.25, 0.3) is 0 Å². The Kier molecular flexibility index (Phi) is 5.74. The molecule has 3 N–H and O–H groups in total. The number of aliphatic imine (C=N–C) groups is 2. The summed E-state index contributed by atoms with van der Waals surface area (Å²) in [5.74, 6) is 1.53. The summed E-state index contributed by atoms with van der Waals surface area (Å²) in [7, 11) is 0. The topological polar surface area (TPSA) is 84.9 Å². The lowest BCUT2D eigenvalue weighted by atomic mass is 10.0. The molecule has 1 aromatic carbocycles. The Morgan fingerprint density at radius 3 is 2.60 bits per heavy atom. The second-order valence-corrected chi connectivity index (χ2v) is 5.94. The number of benzene rings is 1. The van der Waals surface area contributed by atoms with Crippen LogP contribution >= 0.6 is 0 Å². The first kappa shape index (κ1) is 17.1. The summed E-state index contributed by atoms with van der Waals surface area (Å²) in [6.45, 7) is 4.03. The zero-order chi connectivity index (χ0) is 17.5. The van der Waals surface area contributed by atoms with E-state index in [1.165, 1.54) is 12.7 Å². The number of nitrogens with two attached hydrogens (primary N) is 1. The molecule has 0 saturated carbocycles. The monoisotopic (exact) mass is 337 g/mol. The summed E-state index contributed by atoms with van der Waals surface area (Å²) in [4.78, 5) is 12.4. The van der Waals surface area contributed by atoms with Crippen molar-refractivity contribution in [2.24, 2.45) is 15.7 Å². The third-order valence-electron chi connectivity index (χ3n) is 4.17. The van der Waals surface area contributed by atoms with Crippen molar-refractivity contribution in [3.05, 3.63) is 42.1 Å². The van der Waals surface area contributed by atoms with Crippen LogP contribution in [0, 0.1) is 6.92 Å². The molecule has 0 radical (unpaired) electrons. The van der Waals surface area contributed by atoms with Crippen LogP contribution in [-0.2, 0) is 0 Å². The number of hydrogen-bond donors (Lipinski definition) is 2. The molecule has 6 heteroatoms. The third kappa shape index (κ3) is 4.64. The molecule has 1 fully saturated rings. The van der Waals surface area contributed by atoms with E-state index >= 15 is 0 Å². The molecule has 25 heavy (non-hydrogen) atoms. The molecule has 0 bridgehead atoms. The largest absolute Gasteiger partial charge is 0.490 e. The van der Waals surface area contributed by atoms with Gasteiger partial charge in [-0.1, -0.05) is 12.1 Å². The lowest BCUT2D eigenvalue weighted by Crippen LogP contribution is -2.34. The number of pyridine rings is 1. The van der Waals surface area contributed by atoms with Crippen molar-refractivity contribution in [2.75, 3.05) is 13.1 Å². The Balaban J connectivity index is 1.71. The molecule has 1 saturated heterocycles. The zero-order valence-corrected chi connectivity index (χ0v) is 14.4. The minimum Gasteiger partial charge on any atom is -0.490 e. The minimum atomic E-state index is 0.309. The summed E-state index contributed by atoms with van der Waals surface area (Å²) in [6.07, 6.45) is 5.00. The fourth-order valence-corrected chi connectivity index (χ4v) is 2.87. The van der Waals surface area contributed by atoms with Crippen molar-refractivity contribution in [2.45, 2.75) is 25.9 Å². The van der Waals surface area contributed by atoms with Gasteiger partial charge in [0.05, 0.1) is 6.34 Å². The Hall–Kier alpha value is -2.73. The first-order valence-electron chi connectivity index (χ1n) is 8.47. The fraction of sp³-hybridized carbons (Fsp3) is 0.316. The first-order valence-corrected chi connectivity index (χ1v) is 8.47. The molecule has 2 aromatic rings. The number of aryl methyl sites for hydroxylation is 1. The predicted octanol–water partition coefficient (Wildman–Crippen LogP) is 2.83. The lowest BCUT2D eigenvalue weighted by Gasteiger charge is -2.23. The lowest BCUT2D eigenvalue weighted by molar-refractivity contribution is 0.162. The van der Waals surface area contributed by atoms with E-state index in [-0.39, 0.29) is 0 Å². The maximum atomic E-state index is 6.05. The molecule has 0 amide bonds. The van der Waals surface area contributed by atoms with Gasteiger partial charge in [-0.2, -0.15) is 0 Å². The van der Waals surface area contributed by atoms with Gasteiger partial charge in [-0.15, -0.1) is 0 Å². The molecule has 1 aliphatic rings. The van der Waals surface area contributed by atoms with Gasteiger partial charge in [-0.25, -0.2) is 15.0 Å². The van der Waals surface area contributed by atoms with Crippen LogP contribution < -0.4 is 15.8 Å². The molecule has 3 rings (SSSR count). The van der Waals surface area contributed by atoms with Crippen molar-refractivity contribution in [3.8, 4) is 16.9 Å². The van der Waals surface area contributed by atoms with E-state index in [4.69, 9.17) is 10.5 Å². The summed E-state index contributed by atoms with van der Waals surface area (Å²) in [6, 6.07) is 12.1. The normalized spacial score (nSPS) is 15.9. The highest BCUT2D eigenvalue weighted by molar-refractivity contribution is 5.72. The zero-order valence-electron chi connectivity index (χ0n) is 14.4. The second-order valence-electron chi connectivity index (χ2n) is 5.94. The molecule has 2 heterocycles. The van der Waals surface area contributed by atoms with Crippen molar-refractivity contribution in [1.82, 2.24) is 10.3 Å². The predicted molar refractivity (Wildman–Crippen MR) is 102 cm³/mol. The molecule has 0 atom stereocenters. The maximum absolute atomic E-state index is 6.05. The van der Waals surface area contributed by atoms with E-state index in [0.29, 0.717) is 11.9 Å². The Morgan fingerprint density at radius 1 is 1.16 bits per heavy atom. The number of rotatable bonds is 5. The Labute approximate surface area is 147 Å². The highest BCUT2D eigenvalue weighted by atomic mass is 16.5. The number of nitrogens with zero attached hydrogens (tertiary/aromatic N) is 3. The molecule has 0 spiro atoms. The first-order chi connectivity index (χ1) is 12.3. The van der Waals surface area contributed by atoms with Gasteiger partial charge in [0, 0.05) is 11.3 Å². The highest BCUT2D eigenvalue weighted by Crippen LogP contribution is 2.27. The fourth-order valence-electron chi connectivity index (χ4n) is 2.87. The highest BCUT2D eigenvalue weighted by Gasteiger charge is 2.14. The minimum absolute atomic E-state index is 0.309. The summed E-state index contributed by atoms with van der Waals surface area (Å²) >= 11 is 0. The number of aromatic nitrogens is 1. The average molecular weight is 337 g/mol. The summed E-state index contributed by atoms with van der Waals surface area (Å²) < 4.78 is 6.05. The number of hydrogen-bond acceptors (Lipinski definition) is 4. The molecule has 6 nitrogen and oxygen atoms in total. The molecular formula is C19H23N5O. The SMILES string of the molecule is Cc1nc(N=CN=CN)ccc1-c1ccc(OC2CCNCC2)cc1. The number of ether oxygens (including phenoxy) is 1. The van der Waals surface area contributed by atoms with Crippen LogP contribution in [0.4, 0.5) is 5.82 Å². The average Bonchev–Trinajstić information content (AvgIpc) is 2.64. The van der Waals surface area contributed by atoms with E-state index in [9.17, 15) is 0 Å². The van der Waals surface area contributed by atoms with E-state index in [0.717, 1.165) is 48.5 Å². The summed E-state index contributed by atoms with van der Waals surface area (Å²) in [5, 5.41) is 3.35. The van der Waals surface area contributed by atoms with Crippen LogP contribution in [-0.4, -0.2) is 36.9 Å². The quantitative estimate of drug-likeness (QED) is 0.649. The molecule has 130 valence electrons. The molecule has 1 aromatic heterocycles. The van der Waals surface area contributed by atoms with Gasteiger partial charge in [0.1, 0.15) is 18.2 Å². The van der Waals surface area contributed by atoms with Crippen LogP contribution in [0.2, 0.25) is 0 Å². The van der Waals surface area contributed by atoms with Gasteiger partial charge >= 0.3 is 0 Å². The molecule has 1 aliphatic heterocycles. The van der Waals surface area contributed by atoms with Crippen LogP contribution in [0.25, 0.3) is 11.1 Å². The van der Waals surface area contributed by atoms with E-state index in [2.05, 4.69) is 32.4 Å². The Morgan fingerprint density at radius 2 is 1.92 bits per heavy atom. The summed E-state index contributed by atoms with van der Waals surface area (Å²) in [5.41, 5.74) is 8.28. The molecular weight excluding hydrogens is 314 g/mol. The van der Waals surface area contributed by atoms with Gasteiger partial charge in [0.15, 0.2) is 5.82 Å². The smallest absolute Gasteiger partial charge is 0.153 e. The number of nitrogens with one attached hydrogen (secondary N) is 1. The van der Waals surface area contributed by atoms with Crippen LogP contribution in [0.5, 0.6) is 5.75 Å². The van der Waals surface area contributed by atoms with Crippen molar-refractivity contribution >= 4 is 18.5 Å². The van der Waals surface area contributed by atoms with E-state index in [1.54, 1.807) is 0 Å². The van der Waals surface area contributed by atoms with Gasteiger partial charge in [-0.3, -0.25) is 0 Å². The standard InChI is InChI=1S/C19H23N5O/c1-14-18(6-7-19(24-14)23-13-22-12-20)15-2-4-16(5-3-15)25-17-8-10-21-11-9-17/h2-7,12-13,17,21H,8-11H2,1H3,(H2,20,22,23,24). The van der Waals surface area contributed by atoms with Gasteiger partial charge < -0.3 is 15.8 Å². The van der Waals surface area contributed by atoms with Crippen LogP contribution in [0.3, 0.4) is 0 Å². The number of piperidine rings is 1. The van der Waals surface area contributed by atoms with Crippen LogP contribution in [0.15, 0.2) is 46.4 Å². The van der Waals surface area contributed by atoms with E-state index in [1.807, 2.05) is 31.2 Å². The van der Waals surface area contributed by atoms with Crippen LogP contribution in [0.1, 0.15) is 18.5 Å². The Bertz CT molecular complexity index is 749. The van der Waals surface area contributed by atoms with Gasteiger partial charge in [-0.05, 0) is 62.7 Å². The van der Waals surface area contributed by atoms with Crippen molar-refractivity contribution < 1.29 is 4.74 Å². The van der Waals surface area contributed by atoms with Crippen molar-refractivity contribution in [1.29, 1.82) is 0 Å². The molecule has 0 unspecified atom stereocenters. The van der Waals surface area contributed by atoms with E-state index < -0.39 is 0 Å². The second kappa shape index (κ2) is 8.39. The van der Waals surface area contributed by atoms with Gasteiger partial charge in [0.2, 0.25) is 0 Å². The van der Waals surface area contributed by atoms with Crippen molar-refractivity contribution in [3.63, 3.8) is 0 Å². The molecule has 0 aliphatic carbocycles. The third-order valence-corrected chi connectivity index (χ3v) is 4.17. The maximum Gasteiger partial charge on any atom is 0.153 e.